The van der Waals surface area contributed by atoms with Crippen LogP contribution in [0, 0.1) is 5.92 Å². The highest BCUT2D eigenvalue weighted by molar-refractivity contribution is 5.37. The van der Waals surface area contributed by atoms with Crippen molar-refractivity contribution < 1.29 is 0 Å². The second-order valence-corrected chi connectivity index (χ2v) is 5.00. The highest BCUT2D eigenvalue weighted by Crippen LogP contribution is 2.45. The van der Waals surface area contributed by atoms with Gasteiger partial charge >= 0.3 is 0 Å². The summed E-state index contributed by atoms with van der Waals surface area (Å²) in [7, 11) is 2.03. The molecule has 0 bridgehead atoms. The molecule has 0 saturated carbocycles. The van der Waals surface area contributed by atoms with Crippen LogP contribution >= 0.6 is 0 Å². The monoisotopic (exact) mass is 207 g/mol. The van der Waals surface area contributed by atoms with E-state index in [0.29, 0.717) is 5.92 Å². The van der Waals surface area contributed by atoms with Gasteiger partial charge in [0.05, 0.1) is 6.20 Å². The van der Waals surface area contributed by atoms with Crippen LogP contribution in [-0.2, 0) is 18.9 Å². The minimum atomic E-state index is 0.126. The summed E-state index contributed by atoms with van der Waals surface area (Å²) < 4.78 is 2.02. The van der Waals surface area contributed by atoms with Crippen LogP contribution < -0.4 is 5.73 Å². The average molecular weight is 207 g/mol. The predicted molar refractivity (Wildman–Crippen MR) is 61.7 cm³/mol. The Morgan fingerprint density at radius 3 is 2.87 bits per heavy atom. The minimum Gasteiger partial charge on any atom is -0.327 e. The average Bonchev–Trinajstić information content (AvgIpc) is 2.65. The lowest BCUT2D eigenvalue weighted by Crippen LogP contribution is -2.47. The van der Waals surface area contributed by atoms with Gasteiger partial charge in [0, 0.05) is 24.2 Å². The molecule has 2 atom stereocenters. The first-order valence-electron chi connectivity index (χ1n) is 5.81. The van der Waals surface area contributed by atoms with Crippen molar-refractivity contribution in [2.24, 2.45) is 18.7 Å². The number of aryl methyl sites for hydroxylation is 1. The van der Waals surface area contributed by atoms with Crippen LogP contribution in [0.25, 0.3) is 0 Å². The van der Waals surface area contributed by atoms with Gasteiger partial charge in [0.1, 0.15) is 0 Å². The summed E-state index contributed by atoms with van der Waals surface area (Å²) in [6, 6.07) is 0.252. The smallest absolute Gasteiger partial charge is 0.0525 e. The van der Waals surface area contributed by atoms with E-state index in [1.54, 1.807) is 0 Å². The lowest BCUT2D eigenvalue weighted by Gasteiger charge is -2.37. The first kappa shape index (κ1) is 10.7. The second-order valence-electron chi connectivity index (χ2n) is 5.00. The van der Waals surface area contributed by atoms with Gasteiger partial charge in [-0.25, -0.2) is 0 Å². The van der Waals surface area contributed by atoms with E-state index in [2.05, 4.69) is 25.9 Å². The molecule has 2 rings (SSSR count). The third kappa shape index (κ3) is 1.19. The summed E-state index contributed by atoms with van der Waals surface area (Å²) in [6.07, 6.45) is 4.06. The molecule has 0 aromatic carbocycles. The predicted octanol–water partition coefficient (Wildman–Crippen LogP) is 1.61. The number of hydrogen-bond acceptors (Lipinski definition) is 2. The Hall–Kier alpha value is -0.830. The van der Waals surface area contributed by atoms with Gasteiger partial charge in [0.2, 0.25) is 0 Å². The Balaban J connectivity index is 2.59. The first-order valence-corrected chi connectivity index (χ1v) is 5.81. The number of hydrogen-bond donors (Lipinski definition) is 1. The molecule has 15 heavy (non-hydrogen) atoms. The van der Waals surface area contributed by atoms with Crippen molar-refractivity contribution >= 4 is 0 Å². The van der Waals surface area contributed by atoms with Gasteiger partial charge in [0.15, 0.2) is 0 Å². The lowest BCUT2D eigenvalue weighted by molar-refractivity contribution is 0.243. The van der Waals surface area contributed by atoms with Gasteiger partial charge in [-0.2, -0.15) is 5.10 Å². The molecule has 0 fully saturated rings. The van der Waals surface area contributed by atoms with Crippen molar-refractivity contribution in [3.8, 4) is 0 Å². The minimum absolute atomic E-state index is 0.126. The Kier molecular flexibility index (Phi) is 2.38. The maximum atomic E-state index is 6.35. The molecule has 0 amide bonds. The van der Waals surface area contributed by atoms with E-state index < -0.39 is 0 Å². The maximum Gasteiger partial charge on any atom is 0.0525 e. The molecular weight excluding hydrogens is 186 g/mol. The summed E-state index contributed by atoms with van der Waals surface area (Å²) >= 11 is 0. The van der Waals surface area contributed by atoms with Crippen molar-refractivity contribution in [2.75, 3.05) is 0 Å². The van der Waals surface area contributed by atoms with Crippen LogP contribution in [0.2, 0.25) is 0 Å². The molecule has 1 aromatic rings. The van der Waals surface area contributed by atoms with Gasteiger partial charge in [-0.05, 0) is 24.3 Å². The van der Waals surface area contributed by atoms with Crippen molar-refractivity contribution in [1.29, 1.82) is 0 Å². The van der Waals surface area contributed by atoms with Gasteiger partial charge in [0.25, 0.3) is 0 Å². The molecule has 1 heterocycles. The fourth-order valence-electron chi connectivity index (χ4n) is 3.37. The SMILES string of the molecule is CCC1(C(C)C)c2c(cnn2C)C[C@H]1N. The van der Waals surface area contributed by atoms with Crippen molar-refractivity contribution in [3.63, 3.8) is 0 Å². The molecule has 1 unspecified atom stereocenters. The van der Waals surface area contributed by atoms with E-state index in [9.17, 15) is 0 Å². The molecule has 84 valence electrons. The third-order valence-corrected chi connectivity index (χ3v) is 4.17. The van der Waals surface area contributed by atoms with Gasteiger partial charge in [-0.3, -0.25) is 4.68 Å². The fraction of sp³-hybridized carbons (Fsp3) is 0.750. The molecule has 3 heteroatoms. The van der Waals surface area contributed by atoms with E-state index in [1.165, 1.54) is 11.3 Å². The molecule has 2 N–H and O–H groups in total. The molecule has 0 spiro atoms. The molecule has 0 radical (unpaired) electrons. The molecule has 0 aliphatic heterocycles. The van der Waals surface area contributed by atoms with E-state index in [4.69, 9.17) is 5.73 Å². The zero-order chi connectivity index (χ0) is 11.2. The van der Waals surface area contributed by atoms with E-state index in [1.807, 2.05) is 17.9 Å². The fourth-order valence-corrected chi connectivity index (χ4v) is 3.37. The number of rotatable bonds is 2. The van der Waals surface area contributed by atoms with E-state index in [-0.39, 0.29) is 11.5 Å². The summed E-state index contributed by atoms with van der Waals surface area (Å²) in [5.74, 6) is 0.564. The molecule has 1 aliphatic carbocycles. The zero-order valence-electron chi connectivity index (χ0n) is 10.1. The van der Waals surface area contributed by atoms with Crippen molar-refractivity contribution in [2.45, 2.75) is 45.1 Å². The summed E-state index contributed by atoms with van der Waals surface area (Å²) in [4.78, 5) is 0. The standard InChI is InChI=1S/C12H21N3/c1-5-12(8(2)3)10(13)6-9-7-14-15(4)11(9)12/h7-8,10H,5-6,13H2,1-4H3/t10-,12?/m1/s1. The summed E-state index contributed by atoms with van der Waals surface area (Å²) in [5.41, 5.74) is 9.19. The highest BCUT2D eigenvalue weighted by Gasteiger charge is 2.48. The molecule has 1 aliphatic rings. The lowest BCUT2D eigenvalue weighted by atomic mass is 9.70. The Labute approximate surface area is 91.7 Å². The Morgan fingerprint density at radius 2 is 2.33 bits per heavy atom. The van der Waals surface area contributed by atoms with Crippen LogP contribution in [-0.4, -0.2) is 15.8 Å². The first-order chi connectivity index (χ1) is 7.04. The second kappa shape index (κ2) is 3.34. The topological polar surface area (TPSA) is 43.8 Å². The quantitative estimate of drug-likeness (QED) is 0.800. The normalized spacial score (nSPS) is 29.9. The zero-order valence-corrected chi connectivity index (χ0v) is 10.1. The van der Waals surface area contributed by atoms with Crippen LogP contribution in [0.3, 0.4) is 0 Å². The third-order valence-electron chi connectivity index (χ3n) is 4.17. The number of nitrogens with zero attached hydrogens (tertiary/aromatic N) is 2. The van der Waals surface area contributed by atoms with Crippen LogP contribution in [0.15, 0.2) is 6.20 Å². The molecular formula is C12H21N3. The Bertz CT molecular complexity index is 367. The number of fused-ring (bicyclic) bond motifs is 1. The Morgan fingerprint density at radius 1 is 1.67 bits per heavy atom. The van der Waals surface area contributed by atoms with E-state index in [0.717, 1.165) is 12.8 Å². The highest BCUT2D eigenvalue weighted by atomic mass is 15.3. The molecule has 3 nitrogen and oxygen atoms in total. The molecule has 0 saturated heterocycles. The van der Waals surface area contributed by atoms with Gasteiger partial charge in [-0.1, -0.05) is 20.8 Å². The largest absolute Gasteiger partial charge is 0.327 e. The van der Waals surface area contributed by atoms with Gasteiger partial charge in [-0.15, -0.1) is 0 Å². The summed E-state index contributed by atoms with van der Waals surface area (Å²) in [5, 5.41) is 4.36. The van der Waals surface area contributed by atoms with Crippen molar-refractivity contribution in [1.82, 2.24) is 9.78 Å². The van der Waals surface area contributed by atoms with E-state index >= 15 is 0 Å². The maximum absolute atomic E-state index is 6.35. The summed E-state index contributed by atoms with van der Waals surface area (Å²) in [6.45, 7) is 6.78. The van der Waals surface area contributed by atoms with Gasteiger partial charge < -0.3 is 5.73 Å². The number of aromatic nitrogens is 2. The van der Waals surface area contributed by atoms with Crippen LogP contribution in [0.5, 0.6) is 0 Å². The number of nitrogens with two attached hydrogens (primary N) is 1. The van der Waals surface area contributed by atoms with Crippen LogP contribution in [0.1, 0.15) is 38.4 Å². The van der Waals surface area contributed by atoms with Crippen LogP contribution in [0.4, 0.5) is 0 Å². The molecule has 1 aromatic heterocycles. The van der Waals surface area contributed by atoms with Crippen molar-refractivity contribution in [3.05, 3.63) is 17.5 Å².